The van der Waals surface area contributed by atoms with Crippen molar-refractivity contribution in [2.75, 3.05) is 11.9 Å². The smallest absolute Gasteiger partial charge is 0.350 e. The van der Waals surface area contributed by atoms with Crippen LogP contribution in [0.25, 0.3) is 0 Å². The van der Waals surface area contributed by atoms with E-state index in [4.69, 9.17) is 4.74 Å². The van der Waals surface area contributed by atoms with Crippen molar-refractivity contribution in [3.8, 4) is 0 Å². The Kier molecular flexibility index (Phi) is 5.70. The highest BCUT2D eigenvalue weighted by atomic mass is 32.1. The lowest BCUT2D eigenvalue weighted by molar-refractivity contribution is -0.147. The van der Waals surface area contributed by atoms with Gasteiger partial charge in [-0.1, -0.05) is 24.2 Å². The Morgan fingerprint density at radius 1 is 1.30 bits per heavy atom. The van der Waals surface area contributed by atoms with Gasteiger partial charge in [-0.2, -0.15) is 0 Å². The van der Waals surface area contributed by atoms with Gasteiger partial charge >= 0.3 is 11.9 Å². The molecule has 0 bridgehead atoms. The third-order valence-electron chi connectivity index (χ3n) is 3.91. The third-order valence-corrected chi connectivity index (χ3v) is 4.96. The number of nitrogens with one attached hydrogen (secondary N) is 1. The molecule has 0 aromatic carbocycles. The fourth-order valence-corrected chi connectivity index (χ4v) is 3.64. The number of nitrogens with zero attached hydrogens (tertiary/aromatic N) is 1. The van der Waals surface area contributed by atoms with Crippen LogP contribution in [0.15, 0.2) is 0 Å². The van der Waals surface area contributed by atoms with E-state index in [0.29, 0.717) is 28.5 Å². The first kappa shape index (κ1) is 17.4. The molecule has 1 amide bonds. The van der Waals surface area contributed by atoms with Gasteiger partial charge in [0.05, 0.1) is 24.1 Å². The van der Waals surface area contributed by atoms with Gasteiger partial charge < -0.3 is 15.2 Å². The van der Waals surface area contributed by atoms with E-state index in [0.717, 1.165) is 24.2 Å². The van der Waals surface area contributed by atoms with Crippen LogP contribution in [0.5, 0.6) is 0 Å². The van der Waals surface area contributed by atoms with Crippen LogP contribution in [0.1, 0.15) is 48.0 Å². The zero-order chi connectivity index (χ0) is 17.0. The molecule has 2 rings (SSSR count). The average molecular weight is 340 g/mol. The highest BCUT2D eigenvalue weighted by Gasteiger charge is 2.36. The lowest BCUT2D eigenvalue weighted by atomic mass is 9.79. The Morgan fingerprint density at radius 3 is 2.57 bits per heavy atom. The maximum atomic E-state index is 12.4. The predicted molar refractivity (Wildman–Crippen MR) is 84.5 cm³/mol. The molecule has 0 radical (unpaired) electrons. The van der Waals surface area contributed by atoms with E-state index in [1.807, 2.05) is 0 Å². The number of carboxylic acid groups (broad SMARTS) is 1. The maximum absolute atomic E-state index is 12.4. The number of aromatic nitrogens is 1. The summed E-state index contributed by atoms with van der Waals surface area (Å²) in [6.07, 6.45) is 2.73. The first-order valence-electron chi connectivity index (χ1n) is 7.62. The van der Waals surface area contributed by atoms with E-state index >= 15 is 0 Å². The van der Waals surface area contributed by atoms with Crippen molar-refractivity contribution in [3.63, 3.8) is 0 Å². The van der Waals surface area contributed by atoms with E-state index in [2.05, 4.69) is 10.3 Å². The number of anilines is 1. The largest absolute Gasteiger partial charge is 0.481 e. The summed E-state index contributed by atoms with van der Waals surface area (Å²) < 4.78 is 4.93. The van der Waals surface area contributed by atoms with Gasteiger partial charge in [-0.15, -0.1) is 0 Å². The fraction of sp³-hybridized carbons (Fsp3) is 0.600. The molecule has 1 aromatic heterocycles. The predicted octanol–water partition coefficient (Wildman–Crippen LogP) is 2.46. The summed E-state index contributed by atoms with van der Waals surface area (Å²) in [7, 11) is 0. The normalized spacial score (nSPS) is 20.8. The lowest BCUT2D eigenvalue weighted by Gasteiger charge is -2.26. The van der Waals surface area contributed by atoms with Crippen LogP contribution >= 0.6 is 11.3 Å². The molecule has 0 saturated heterocycles. The molecule has 1 fully saturated rings. The van der Waals surface area contributed by atoms with E-state index in [9.17, 15) is 19.5 Å². The molecule has 1 aliphatic rings. The van der Waals surface area contributed by atoms with Gasteiger partial charge in [0.1, 0.15) is 4.88 Å². The Balaban J connectivity index is 2.09. The molecule has 0 aliphatic heterocycles. The topological polar surface area (TPSA) is 106 Å². The molecule has 1 aliphatic carbocycles. The summed E-state index contributed by atoms with van der Waals surface area (Å²) in [6.45, 7) is 3.64. The number of thiazole rings is 1. The quantitative estimate of drug-likeness (QED) is 0.798. The molecule has 0 spiro atoms. The summed E-state index contributed by atoms with van der Waals surface area (Å²) in [5.41, 5.74) is 0.488. The summed E-state index contributed by atoms with van der Waals surface area (Å²) in [4.78, 5) is 39.9. The number of carboxylic acids is 1. The minimum Gasteiger partial charge on any atom is -0.481 e. The van der Waals surface area contributed by atoms with Crippen molar-refractivity contribution in [1.29, 1.82) is 0 Å². The first-order chi connectivity index (χ1) is 10.9. The van der Waals surface area contributed by atoms with Gasteiger partial charge in [0.15, 0.2) is 5.13 Å². The van der Waals surface area contributed by atoms with Gasteiger partial charge in [-0.05, 0) is 26.7 Å². The molecular formula is C15H20N2O5S. The molecule has 7 nitrogen and oxygen atoms in total. The molecule has 1 saturated carbocycles. The molecule has 126 valence electrons. The maximum Gasteiger partial charge on any atom is 0.350 e. The standard InChI is InChI=1S/C15H20N2O5S/c1-3-22-14(21)11-8(2)16-15(23-11)17-12(18)9-6-4-5-7-10(9)13(19)20/h9-10H,3-7H2,1-2H3,(H,19,20)(H,16,17,18)/t9-,10-/m0/s1. The molecule has 0 unspecified atom stereocenters. The lowest BCUT2D eigenvalue weighted by Crippen LogP contribution is -2.36. The van der Waals surface area contributed by atoms with Crippen LogP contribution in [0.3, 0.4) is 0 Å². The van der Waals surface area contributed by atoms with Crippen molar-refractivity contribution in [1.82, 2.24) is 4.98 Å². The van der Waals surface area contributed by atoms with Crippen molar-refractivity contribution in [3.05, 3.63) is 10.6 Å². The highest BCUT2D eigenvalue weighted by Crippen LogP contribution is 2.32. The summed E-state index contributed by atoms with van der Waals surface area (Å²) in [6, 6.07) is 0. The number of amides is 1. The van der Waals surface area contributed by atoms with Crippen LogP contribution in [0, 0.1) is 18.8 Å². The van der Waals surface area contributed by atoms with Crippen LogP contribution in [-0.2, 0) is 14.3 Å². The Hall–Kier alpha value is -1.96. The van der Waals surface area contributed by atoms with Gasteiger partial charge in [0.2, 0.25) is 5.91 Å². The number of ether oxygens (including phenoxy) is 1. The van der Waals surface area contributed by atoms with Gasteiger partial charge in [-0.25, -0.2) is 9.78 Å². The zero-order valence-corrected chi connectivity index (χ0v) is 13.9. The summed E-state index contributed by atoms with van der Waals surface area (Å²) in [5, 5.41) is 12.2. The monoisotopic (exact) mass is 340 g/mol. The van der Waals surface area contributed by atoms with Crippen LogP contribution in [0.2, 0.25) is 0 Å². The van der Waals surface area contributed by atoms with E-state index in [-0.39, 0.29) is 12.5 Å². The van der Waals surface area contributed by atoms with Crippen molar-refractivity contribution in [2.24, 2.45) is 11.8 Å². The van der Waals surface area contributed by atoms with Gasteiger partial charge in [0, 0.05) is 0 Å². The SMILES string of the molecule is CCOC(=O)c1sc(NC(=O)[C@H]2CCCC[C@@H]2C(=O)O)nc1C. The van der Waals surface area contributed by atoms with Crippen LogP contribution < -0.4 is 5.32 Å². The van der Waals surface area contributed by atoms with Crippen LogP contribution in [-0.4, -0.2) is 34.5 Å². The number of aliphatic carboxylic acids is 1. The molecule has 23 heavy (non-hydrogen) atoms. The van der Waals surface area contributed by atoms with Crippen molar-refractivity contribution < 1.29 is 24.2 Å². The second-order valence-electron chi connectivity index (χ2n) is 5.48. The summed E-state index contributed by atoms with van der Waals surface area (Å²) >= 11 is 1.04. The molecule has 8 heteroatoms. The number of carbonyl (C=O) groups excluding carboxylic acids is 2. The minimum absolute atomic E-state index is 0.264. The zero-order valence-electron chi connectivity index (χ0n) is 13.1. The fourth-order valence-electron chi connectivity index (χ4n) is 2.77. The molecule has 1 heterocycles. The number of aryl methyl sites for hydroxylation is 1. The molecule has 2 N–H and O–H groups in total. The van der Waals surface area contributed by atoms with E-state index < -0.39 is 23.8 Å². The van der Waals surface area contributed by atoms with Gasteiger partial charge in [-0.3, -0.25) is 9.59 Å². The second kappa shape index (κ2) is 7.54. The number of carbonyl (C=O) groups is 3. The summed E-state index contributed by atoms with van der Waals surface area (Å²) in [5.74, 6) is -2.97. The number of esters is 1. The van der Waals surface area contributed by atoms with Crippen molar-refractivity contribution in [2.45, 2.75) is 39.5 Å². The second-order valence-corrected chi connectivity index (χ2v) is 6.48. The Labute approximate surface area is 138 Å². The van der Waals surface area contributed by atoms with Crippen LogP contribution in [0.4, 0.5) is 5.13 Å². The minimum atomic E-state index is -0.938. The average Bonchev–Trinajstić information content (AvgIpc) is 2.88. The van der Waals surface area contributed by atoms with E-state index in [1.54, 1.807) is 13.8 Å². The first-order valence-corrected chi connectivity index (χ1v) is 8.44. The van der Waals surface area contributed by atoms with Crippen molar-refractivity contribution >= 4 is 34.3 Å². The molecular weight excluding hydrogens is 320 g/mol. The number of hydrogen-bond donors (Lipinski definition) is 2. The third kappa shape index (κ3) is 4.07. The van der Waals surface area contributed by atoms with Gasteiger partial charge in [0.25, 0.3) is 0 Å². The molecule has 1 aromatic rings. The highest BCUT2D eigenvalue weighted by molar-refractivity contribution is 7.17. The number of hydrogen-bond acceptors (Lipinski definition) is 6. The molecule has 2 atom stereocenters. The number of rotatable bonds is 5. The Morgan fingerprint density at radius 2 is 1.96 bits per heavy atom. The Bertz CT molecular complexity index is 613. The van der Waals surface area contributed by atoms with E-state index in [1.165, 1.54) is 0 Å².